The van der Waals surface area contributed by atoms with Crippen LogP contribution >= 0.6 is 0 Å². The van der Waals surface area contributed by atoms with Gasteiger partial charge < -0.3 is 9.84 Å². The standard InChI is InChI=1S/C11H10O5S/c1-16-9-4-2-3-7-5-8(6-10(12)13)17(14,15)11(7)9/h2-5H,6H2,1H3,(H,12,13). The molecule has 1 aromatic rings. The third-order valence-electron chi connectivity index (χ3n) is 2.49. The van der Waals surface area contributed by atoms with Gasteiger partial charge in [0.15, 0.2) is 0 Å². The van der Waals surface area contributed by atoms with Gasteiger partial charge in [-0.2, -0.15) is 0 Å². The van der Waals surface area contributed by atoms with Crippen LogP contribution in [-0.2, 0) is 14.6 Å². The largest absolute Gasteiger partial charge is 0.495 e. The van der Waals surface area contributed by atoms with Crippen molar-refractivity contribution in [3.63, 3.8) is 0 Å². The molecule has 17 heavy (non-hydrogen) atoms. The first-order valence-electron chi connectivity index (χ1n) is 4.81. The van der Waals surface area contributed by atoms with Gasteiger partial charge in [0.1, 0.15) is 10.6 Å². The number of ether oxygens (including phenoxy) is 1. The Morgan fingerprint density at radius 2 is 2.12 bits per heavy atom. The Morgan fingerprint density at radius 3 is 2.71 bits per heavy atom. The molecule has 0 amide bonds. The monoisotopic (exact) mass is 254 g/mol. The second-order valence-corrected chi connectivity index (χ2v) is 5.50. The molecule has 0 bridgehead atoms. The number of fused-ring (bicyclic) bond motifs is 1. The van der Waals surface area contributed by atoms with Crippen molar-refractivity contribution >= 4 is 21.9 Å². The summed E-state index contributed by atoms with van der Waals surface area (Å²) >= 11 is 0. The van der Waals surface area contributed by atoms with E-state index in [0.29, 0.717) is 5.56 Å². The predicted molar refractivity (Wildman–Crippen MR) is 60.4 cm³/mol. The number of sulfone groups is 1. The molecule has 2 rings (SSSR count). The van der Waals surface area contributed by atoms with Gasteiger partial charge >= 0.3 is 5.97 Å². The molecule has 0 spiro atoms. The number of hydrogen-bond acceptors (Lipinski definition) is 4. The van der Waals surface area contributed by atoms with Crippen LogP contribution in [0, 0.1) is 0 Å². The van der Waals surface area contributed by atoms with Crippen molar-refractivity contribution in [3.8, 4) is 5.75 Å². The zero-order valence-corrected chi connectivity index (χ0v) is 9.82. The fourth-order valence-electron chi connectivity index (χ4n) is 1.77. The average Bonchev–Trinajstić information content (AvgIpc) is 2.50. The molecule has 1 heterocycles. The van der Waals surface area contributed by atoms with E-state index in [9.17, 15) is 13.2 Å². The summed E-state index contributed by atoms with van der Waals surface area (Å²) in [5, 5.41) is 8.68. The first-order valence-corrected chi connectivity index (χ1v) is 6.29. The lowest BCUT2D eigenvalue weighted by Crippen LogP contribution is -2.06. The molecular weight excluding hydrogens is 244 g/mol. The highest BCUT2D eigenvalue weighted by Crippen LogP contribution is 2.40. The fraction of sp³-hybridized carbons (Fsp3) is 0.182. The summed E-state index contributed by atoms with van der Waals surface area (Å²) in [4.78, 5) is 10.6. The van der Waals surface area contributed by atoms with E-state index in [4.69, 9.17) is 9.84 Å². The van der Waals surface area contributed by atoms with Gasteiger partial charge in [0.25, 0.3) is 0 Å². The van der Waals surface area contributed by atoms with Crippen molar-refractivity contribution < 1.29 is 23.1 Å². The molecule has 0 radical (unpaired) electrons. The lowest BCUT2D eigenvalue weighted by atomic mass is 10.2. The molecule has 0 unspecified atom stereocenters. The van der Waals surface area contributed by atoms with E-state index in [-0.39, 0.29) is 15.6 Å². The second-order valence-electron chi connectivity index (χ2n) is 3.56. The first-order chi connectivity index (χ1) is 7.96. The maximum Gasteiger partial charge on any atom is 0.308 e. The van der Waals surface area contributed by atoms with E-state index in [2.05, 4.69) is 0 Å². The Bertz CT molecular complexity index is 613. The lowest BCUT2D eigenvalue weighted by Gasteiger charge is -2.07. The highest BCUT2D eigenvalue weighted by molar-refractivity contribution is 7.96. The molecule has 0 fully saturated rings. The number of carboxylic acids is 1. The molecule has 1 N–H and O–H groups in total. The second kappa shape index (κ2) is 3.89. The topological polar surface area (TPSA) is 80.7 Å². The van der Waals surface area contributed by atoms with E-state index in [0.717, 1.165) is 0 Å². The first kappa shape index (κ1) is 11.7. The summed E-state index contributed by atoms with van der Waals surface area (Å²) in [5.41, 5.74) is 0.473. The molecule has 5 nitrogen and oxygen atoms in total. The van der Waals surface area contributed by atoms with Gasteiger partial charge in [-0.05, 0) is 17.7 Å². The number of carbonyl (C=O) groups is 1. The number of rotatable bonds is 3. The van der Waals surface area contributed by atoms with E-state index >= 15 is 0 Å². The predicted octanol–water partition coefficient (Wildman–Crippen LogP) is 1.30. The summed E-state index contributed by atoms with van der Waals surface area (Å²) in [5.74, 6) is -0.939. The maximum atomic E-state index is 12.1. The van der Waals surface area contributed by atoms with E-state index in [1.165, 1.54) is 19.3 Å². The summed E-state index contributed by atoms with van der Waals surface area (Å²) in [7, 11) is -2.35. The number of methoxy groups -OCH3 is 1. The van der Waals surface area contributed by atoms with Crippen LogP contribution in [0.1, 0.15) is 12.0 Å². The number of carboxylic acid groups (broad SMARTS) is 1. The maximum absolute atomic E-state index is 12.1. The third kappa shape index (κ3) is 1.80. The van der Waals surface area contributed by atoms with E-state index < -0.39 is 22.2 Å². The Hall–Kier alpha value is -1.82. The lowest BCUT2D eigenvalue weighted by molar-refractivity contribution is -0.136. The van der Waals surface area contributed by atoms with Crippen molar-refractivity contribution in [2.24, 2.45) is 0 Å². The van der Waals surface area contributed by atoms with Crippen molar-refractivity contribution in [1.82, 2.24) is 0 Å². The molecule has 1 aliphatic rings. The number of hydrogen-bond donors (Lipinski definition) is 1. The van der Waals surface area contributed by atoms with Crippen LogP contribution in [0.3, 0.4) is 0 Å². The zero-order chi connectivity index (χ0) is 12.6. The summed E-state index contributed by atoms with van der Waals surface area (Å²) in [6.07, 6.45) is 0.863. The zero-order valence-electron chi connectivity index (χ0n) is 9.00. The molecule has 0 saturated carbocycles. The van der Waals surface area contributed by atoms with Gasteiger partial charge in [0.2, 0.25) is 9.84 Å². The molecule has 0 aliphatic carbocycles. The van der Waals surface area contributed by atoms with Gasteiger partial charge in [-0.15, -0.1) is 0 Å². The van der Waals surface area contributed by atoms with Gasteiger partial charge in [0, 0.05) is 0 Å². The van der Waals surface area contributed by atoms with Crippen LogP contribution in [0.2, 0.25) is 0 Å². The third-order valence-corrected chi connectivity index (χ3v) is 4.41. The highest BCUT2D eigenvalue weighted by Gasteiger charge is 2.33. The molecule has 0 atom stereocenters. The summed E-state index contributed by atoms with van der Waals surface area (Å²) in [6.45, 7) is 0. The molecule has 1 aliphatic heterocycles. The molecular formula is C11H10O5S. The average molecular weight is 254 g/mol. The minimum Gasteiger partial charge on any atom is -0.495 e. The van der Waals surface area contributed by atoms with Crippen LogP contribution in [-0.4, -0.2) is 26.6 Å². The molecule has 0 aromatic heterocycles. The fourth-order valence-corrected chi connectivity index (χ4v) is 3.48. The Morgan fingerprint density at radius 1 is 1.41 bits per heavy atom. The summed E-state index contributed by atoms with van der Waals surface area (Å²) < 4.78 is 29.2. The van der Waals surface area contributed by atoms with E-state index in [1.807, 2.05) is 0 Å². The van der Waals surface area contributed by atoms with Crippen LogP contribution < -0.4 is 4.74 Å². The smallest absolute Gasteiger partial charge is 0.308 e. The van der Waals surface area contributed by atoms with Gasteiger partial charge in [-0.25, -0.2) is 8.42 Å². The highest BCUT2D eigenvalue weighted by atomic mass is 32.2. The molecule has 6 heteroatoms. The molecule has 1 aromatic carbocycles. The van der Waals surface area contributed by atoms with Crippen LogP contribution in [0.4, 0.5) is 0 Å². The van der Waals surface area contributed by atoms with Gasteiger partial charge in [0.05, 0.1) is 18.4 Å². The van der Waals surface area contributed by atoms with E-state index in [1.54, 1.807) is 12.1 Å². The molecule has 0 saturated heterocycles. The normalized spacial score (nSPS) is 16.2. The SMILES string of the molecule is COc1cccc2c1S(=O)(=O)C(CC(=O)O)=C2. The van der Waals surface area contributed by atoms with Gasteiger partial charge in [-0.3, -0.25) is 4.79 Å². The van der Waals surface area contributed by atoms with Crippen LogP contribution in [0.15, 0.2) is 28.0 Å². The summed E-state index contributed by atoms with van der Waals surface area (Å²) in [6, 6.07) is 4.81. The van der Waals surface area contributed by atoms with Crippen LogP contribution in [0.25, 0.3) is 6.08 Å². The number of benzene rings is 1. The minimum atomic E-state index is -3.73. The Balaban J connectivity index is 2.60. The van der Waals surface area contributed by atoms with Crippen molar-refractivity contribution in [1.29, 1.82) is 0 Å². The molecule has 90 valence electrons. The Kier molecular flexibility index (Phi) is 2.66. The van der Waals surface area contributed by atoms with Crippen molar-refractivity contribution in [3.05, 3.63) is 28.7 Å². The Labute approximate surface area is 98.3 Å². The quantitative estimate of drug-likeness (QED) is 0.879. The van der Waals surface area contributed by atoms with Crippen LogP contribution in [0.5, 0.6) is 5.75 Å². The minimum absolute atomic E-state index is 0.0544. The van der Waals surface area contributed by atoms with Crippen molar-refractivity contribution in [2.75, 3.05) is 7.11 Å². The van der Waals surface area contributed by atoms with Crippen molar-refractivity contribution in [2.45, 2.75) is 11.3 Å². The van der Waals surface area contributed by atoms with Gasteiger partial charge in [-0.1, -0.05) is 12.1 Å². The number of aliphatic carboxylic acids is 1.